The van der Waals surface area contributed by atoms with Crippen LogP contribution in [0.5, 0.6) is 0 Å². The summed E-state index contributed by atoms with van der Waals surface area (Å²) in [6.45, 7) is 4.04. The van der Waals surface area contributed by atoms with E-state index in [4.69, 9.17) is 23.8 Å². The Balaban J connectivity index is 1.93. The van der Waals surface area contributed by atoms with Gasteiger partial charge in [-0.05, 0) is 44.2 Å². The SMILES string of the molecule is Cc1cc(C=NN2C(=O)CSC2=S)c(C)n1-c1ccc(Cl)cc1. The lowest BCUT2D eigenvalue weighted by Crippen LogP contribution is -2.22. The Morgan fingerprint density at radius 3 is 2.61 bits per heavy atom. The van der Waals surface area contributed by atoms with Crippen molar-refractivity contribution in [3.63, 3.8) is 0 Å². The highest BCUT2D eigenvalue weighted by Gasteiger charge is 2.26. The number of hydrazone groups is 1. The summed E-state index contributed by atoms with van der Waals surface area (Å²) in [5, 5.41) is 6.23. The number of rotatable bonds is 3. The standard InChI is InChI=1S/C16H14ClN3OS2/c1-10-7-12(8-18-20-15(21)9-23-16(20)22)11(2)19(10)14-5-3-13(17)4-6-14/h3-8H,9H2,1-2H3. The molecule has 0 spiro atoms. The fraction of sp³-hybridized carbons (Fsp3) is 0.188. The molecule has 0 N–H and O–H groups in total. The van der Waals surface area contributed by atoms with Gasteiger partial charge in [0, 0.05) is 27.7 Å². The number of benzene rings is 1. The lowest BCUT2D eigenvalue weighted by atomic mass is 10.2. The number of hydrogen-bond acceptors (Lipinski definition) is 4. The topological polar surface area (TPSA) is 37.6 Å². The average Bonchev–Trinajstić information content (AvgIpc) is 2.98. The van der Waals surface area contributed by atoms with Crippen LogP contribution in [-0.4, -0.2) is 31.8 Å². The monoisotopic (exact) mass is 363 g/mol. The van der Waals surface area contributed by atoms with Gasteiger partial charge in [-0.2, -0.15) is 10.1 Å². The minimum atomic E-state index is -0.0808. The van der Waals surface area contributed by atoms with Crippen LogP contribution in [0.25, 0.3) is 5.69 Å². The molecule has 1 aliphatic heterocycles. The molecule has 2 aromatic rings. The second-order valence-corrected chi connectivity index (χ2v) is 7.19. The number of carbonyl (C=O) groups is 1. The molecule has 3 rings (SSSR count). The fourth-order valence-corrected chi connectivity index (χ4v) is 3.58. The maximum atomic E-state index is 11.7. The third-order valence-electron chi connectivity index (χ3n) is 3.60. The molecule has 0 radical (unpaired) electrons. The normalized spacial score (nSPS) is 15.2. The van der Waals surface area contributed by atoms with Crippen LogP contribution >= 0.6 is 35.6 Å². The third-order valence-corrected chi connectivity index (χ3v) is 5.19. The maximum absolute atomic E-state index is 11.7. The van der Waals surface area contributed by atoms with Gasteiger partial charge in [0.2, 0.25) is 0 Å². The van der Waals surface area contributed by atoms with Crippen molar-refractivity contribution in [2.75, 3.05) is 5.75 Å². The molecule has 23 heavy (non-hydrogen) atoms. The highest BCUT2D eigenvalue weighted by Crippen LogP contribution is 2.23. The Labute approximate surface area is 149 Å². The van der Waals surface area contributed by atoms with Crippen LogP contribution in [0.1, 0.15) is 17.0 Å². The Morgan fingerprint density at radius 2 is 2.00 bits per heavy atom. The van der Waals surface area contributed by atoms with Crippen LogP contribution in [0.4, 0.5) is 0 Å². The van der Waals surface area contributed by atoms with Gasteiger partial charge in [-0.1, -0.05) is 35.6 Å². The van der Waals surface area contributed by atoms with Crippen LogP contribution in [0.3, 0.4) is 0 Å². The molecule has 4 nitrogen and oxygen atoms in total. The minimum absolute atomic E-state index is 0.0808. The highest BCUT2D eigenvalue weighted by atomic mass is 35.5. The van der Waals surface area contributed by atoms with Crippen molar-refractivity contribution in [2.45, 2.75) is 13.8 Å². The van der Waals surface area contributed by atoms with Crippen molar-refractivity contribution in [3.05, 3.63) is 52.3 Å². The highest BCUT2D eigenvalue weighted by molar-refractivity contribution is 8.23. The number of amides is 1. The first-order valence-electron chi connectivity index (χ1n) is 6.96. The van der Waals surface area contributed by atoms with Gasteiger partial charge in [0.1, 0.15) is 0 Å². The number of halogens is 1. The quantitative estimate of drug-likeness (QED) is 0.612. The van der Waals surface area contributed by atoms with Gasteiger partial charge < -0.3 is 4.57 Å². The fourth-order valence-electron chi connectivity index (χ4n) is 2.48. The zero-order valence-electron chi connectivity index (χ0n) is 12.6. The van der Waals surface area contributed by atoms with Crippen molar-refractivity contribution in [1.29, 1.82) is 0 Å². The molecule has 1 aromatic carbocycles. The van der Waals surface area contributed by atoms with E-state index in [-0.39, 0.29) is 5.91 Å². The Hall–Kier alpha value is -1.63. The van der Waals surface area contributed by atoms with Gasteiger partial charge in [-0.15, -0.1) is 0 Å². The van der Waals surface area contributed by atoms with E-state index in [0.717, 1.165) is 22.6 Å². The first kappa shape index (κ1) is 16.2. The summed E-state index contributed by atoms with van der Waals surface area (Å²) in [7, 11) is 0. The van der Waals surface area contributed by atoms with Gasteiger partial charge in [-0.3, -0.25) is 4.79 Å². The molecule has 7 heteroatoms. The number of thioether (sulfide) groups is 1. The van der Waals surface area contributed by atoms with E-state index in [1.54, 1.807) is 6.21 Å². The smallest absolute Gasteiger partial charge is 0.259 e. The average molecular weight is 364 g/mol. The maximum Gasteiger partial charge on any atom is 0.259 e. The van der Waals surface area contributed by atoms with Crippen LogP contribution in [-0.2, 0) is 4.79 Å². The molecule has 0 aliphatic carbocycles. The first-order valence-corrected chi connectivity index (χ1v) is 8.73. The molecule has 1 aromatic heterocycles. The first-order chi connectivity index (χ1) is 11.0. The van der Waals surface area contributed by atoms with E-state index >= 15 is 0 Å². The van der Waals surface area contributed by atoms with Crippen molar-refractivity contribution < 1.29 is 4.79 Å². The zero-order valence-corrected chi connectivity index (χ0v) is 15.0. The van der Waals surface area contributed by atoms with Crippen LogP contribution in [0, 0.1) is 13.8 Å². The van der Waals surface area contributed by atoms with E-state index < -0.39 is 0 Å². The lowest BCUT2D eigenvalue weighted by molar-refractivity contribution is -0.123. The molecule has 118 valence electrons. The summed E-state index contributed by atoms with van der Waals surface area (Å²) in [6.07, 6.45) is 1.69. The van der Waals surface area contributed by atoms with Crippen molar-refractivity contribution >= 4 is 52.0 Å². The Morgan fingerprint density at radius 1 is 1.30 bits per heavy atom. The number of carbonyl (C=O) groups excluding carboxylic acids is 1. The van der Waals surface area contributed by atoms with Crippen molar-refractivity contribution in [2.24, 2.45) is 5.10 Å². The number of thiocarbonyl (C=S) groups is 1. The summed E-state index contributed by atoms with van der Waals surface area (Å²) >= 11 is 12.4. The predicted molar refractivity (Wildman–Crippen MR) is 99.7 cm³/mol. The molecule has 0 atom stereocenters. The van der Waals surface area contributed by atoms with E-state index in [0.29, 0.717) is 15.1 Å². The van der Waals surface area contributed by atoms with E-state index in [1.165, 1.54) is 16.8 Å². The van der Waals surface area contributed by atoms with Crippen molar-refractivity contribution in [3.8, 4) is 5.69 Å². The molecular formula is C16H14ClN3OS2. The molecule has 0 bridgehead atoms. The van der Waals surface area contributed by atoms with Crippen LogP contribution in [0.15, 0.2) is 35.4 Å². The van der Waals surface area contributed by atoms with E-state index in [1.807, 2.05) is 44.2 Å². The second-order valence-electron chi connectivity index (χ2n) is 5.14. The molecule has 0 unspecified atom stereocenters. The molecule has 1 aliphatic rings. The predicted octanol–water partition coefficient (Wildman–Crippen LogP) is 3.94. The summed E-state index contributed by atoms with van der Waals surface area (Å²) < 4.78 is 2.62. The summed E-state index contributed by atoms with van der Waals surface area (Å²) in [4.78, 5) is 11.7. The molecule has 0 saturated carbocycles. The largest absolute Gasteiger partial charge is 0.318 e. The molecule has 2 heterocycles. The summed E-state index contributed by atoms with van der Waals surface area (Å²) in [5.41, 5.74) is 4.10. The molecule has 1 saturated heterocycles. The van der Waals surface area contributed by atoms with E-state index in [9.17, 15) is 4.79 Å². The Kier molecular flexibility index (Phi) is 4.57. The summed E-state index contributed by atoms with van der Waals surface area (Å²) in [5.74, 6) is 0.280. The second kappa shape index (κ2) is 6.47. The number of aromatic nitrogens is 1. The van der Waals surface area contributed by atoms with Gasteiger partial charge >= 0.3 is 0 Å². The summed E-state index contributed by atoms with van der Waals surface area (Å²) in [6, 6.07) is 9.70. The van der Waals surface area contributed by atoms with Crippen molar-refractivity contribution in [1.82, 2.24) is 9.58 Å². The van der Waals surface area contributed by atoms with Crippen LogP contribution in [0.2, 0.25) is 5.02 Å². The van der Waals surface area contributed by atoms with Crippen LogP contribution < -0.4 is 0 Å². The zero-order chi connectivity index (χ0) is 16.6. The lowest BCUT2D eigenvalue weighted by Gasteiger charge is -2.10. The number of hydrogen-bond donors (Lipinski definition) is 0. The van der Waals surface area contributed by atoms with Gasteiger partial charge in [-0.25, -0.2) is 0 Å². The third kappa shape index (κ3) is 3.20. The number of nitrogens with zero attached hydrogens (tertiary/aromatic N) is 3. The molecule has 1 fully saturated rings. The number of aryl methyl sites for hydroxylation is 1. The minimum Gasteiger partial charge on any atom is -0.318 e. The Bertz CT molecular complexity index is 795. The van der Waals surface area contributed by atoms with E-state index in [2.05, 4.69) is 9.67 Å². The van der Waals surface area contributed by atoms with Gasteiger partial charge in [0.25, 0.3) is 5.91 Å². The van der Waals surface area contributed by atoms with Gasteiger partial charge in [0.05, 0.1) is 12.0 Å². The molecule has 1 amide bonds. The molecular weight excluding hydrogens is 350 g/mol. The van der Waals surface area contributed by atoms with Gasteiger partial charge in [0.15, 0.2) is 4.32 Å².